The SMILES string of the molecule is O=C(c1ccc(Cl)cc1Br)N1CCCN2CCCC2C1. The molecule has 1 atom stereocenters. The Morgan fingerprint density at radius 1 is 1.25 bits per heavy atom. The Bertz CT molecular complexity index is 523. The Balaban J connectivity index is 1.79. The average Bonchev–Trinajstić information content (AvgIpc) is 2.75. The molecule has 0 spiro atoms. The lowest BCUT2D eigenvalue weighted by atomic mass is 10.1. The van der Waals surface area contributed by atoms with Crippen molar-refractivity contribution in [2.75, 3.05) is 26.2 Å². The number of hydrogen-bond acceptors (Lipinski definition) is 2. The molecule has 20 heavy (non-hydrogen) atoms. The maximum atomic E-state index is 12.7. The maximum Gasteiger partial charge on any atom is 0.255 e. The summed E-state index contributed by atoms with van der Waals surface area (Å²) in [6, 6.07) is 5.92. The number of rotatable bonds is 1. The van der Waals surface area contributed by atoms with Gasteiger partial charge >= 0.3 is 0 Å². The van der Waals surface area contributed by atoms with Crippen LogP contribution in [0.25, 0.3) is 0 Å². The molecule has 0 aliphatic carbocycles. The molecule has 5 heteroatoms. The smallest absolute Gasteiger partial charge is 0.255 e. The van der Waals surface area contributed by atoms with E-state index in [2.05, 4.69) is 20.8 Å². The molecule has 108 valence electrons. The van der Waals surface area contributed by atoms with Crippen molar-refractivity contribution in [2.24, 2.45) is 0 Å². The standard InChI is InChI=1S/C15H18BrClN2O/c16-14-9-11(17)4-5-13(14)15(20)19-8-2-7-18-6-1-3-12(18)10-19/h4-5,9,12H,1-3,6-8,10H2. The van der Waals surface area contributed by atoms with E-state index < -0.39 is 0 Å². The molecular formula is C15H18BrClN2O. The molecule has 3 nitrogen and oxygen atoms in total. The quantitative estimate of drug-likeness (QED) is 0.769. The molecule has 0 saturated carbocycles. The summed E-state index contributed by atoms with van der Waals surface area (Å²) >= 11 is 9.39. The van der Waals surface area contributed by atoms with Crippen molar-refractivity contribution in [2.45, 2.75) is 25.3 Å². The van der Waals surface area contributed by atoms with Crippen LogP contribution < -0.4 is 0 Å². The normalized spacial score (nSPS) is 23.5. The Labute approximate surface area is 133 Å². The van der Waals surface area contributed by atoms with Crippen LogP contribution >= 0.6 is 27.5 Å². The van der Waals surface area contributed by atoms with Crippen LogP contribution in [0.4, 0.5) is 0 Å². The van der Waals surface area contributed by atoms with Gasteiger partial charge in [-0.2, -0.15) is 0 Å². The lowest BCUT2D eigenvalue weighted by molar-refractivity contribution is 0.0742. The molecule has 3 rings (SSSR count). The van der Waals surface area contributed by atoms with E-state index in [1.165, 1.54) is 19.4 Å². The largest absolute Gasteiger partial charge is 0.337 e. The number of amides is 1. The van der Waals surface area contributed by atoms with Crippen LogP contribution in [-0.4, -0.2) is 47.9 Å². The van der Waals surface area contributed by atoms with Crippen molar-refractivity contribution in [1.29, 1.82) is 0 Å². The summed E-state index contributed by atoms with van der Waals surface area (Å²) in [7, 11) is 0. The number of hydrogen-bond donors (Lipinski definition) is 0. The van der Waals surface area contributed by atoms with E-state index in [1.807, 2.05) is 11.0 Å². The van der Waals surface area contributed by atoms with Crippen LogP contribution in [0, 0.1) is 0 Å². The summed E-state index contributed by atoms with van der Waals surface area (Å²) < 4.78 is 0.780. The van der Waals surface area contributed by atoms with Crippen molar-refractivity contribution < 1.29 is 4.79 Å². The van der Waals surface area contributed by atoms with E-state index in [0.29, 0.717) is 16.6 Å². The molecule has 0 bridgehead atoms. The van der Waals surface area contributed by atoms with Gasteiger partial charge in [-0.1, -0.05) is 11.6 Å². The number of fused-ring (bicyclic) bond motifs is 1. The summed E-state index contributed by atoms with van der Waals surface area (Å²) in [5.74, 6) is 0.113. The zero-order valence-electron chi connectivity index (χ0n) is 11.3. The molecule has 2 fully saturated rings. The molecule has 2 heterocycles. The number of nitrogens with zero attached hydrogens (tertiary/aromatic N) is 2. The molecule has 1 aromatic rings. The van der Waals surface area contributed by atoms with Gasteiger partial charge in [0.2, 0.25) is 0 Å². The first-order valence-electron chi connectivity index (χ1n) is 7.13. The summed E-state index contributed by atoms with van der Waals surface area (Å²) in [6.07, 6.45) is 3.54. The molecule has 2 aliphatic rings. The van der Waals surface area contributed by atoms with Gasteiger partial charge < -0.3 is 4.90 Å². The van der Waals surface area contributed by atoms with Gasteiger partial charge in [0.1, 0.15) is 0 Å². The summed E-state index contributed by atoms with van der Waals surface area (Å²) in [5.41, 5.74) is 0.709. The third kappa shape index (κ3) is 2.87. The van der Waals surface area contributed by atoms with Crippen LogP contribution in [0.1, 0.15) is 29.6 Å². The van der Waals surface area contributed by atoms with E-state index in [-0.39, 0.29) is 5.91 Å². The Morgan fingerprint density at radius 2 is 2.05 bits per heavy atom. The van der Waals surface area contributed by atoms with Gasteiger partial charge in [-0.3, -0.25) is 9.69 Å². The summed E-state index contributed by atoms with van der Waals surface area (Å²) in [5, 5.41) is 0.645. The van der Waals surface area contributed by atoms with Gasteiger partial charge in [0.05, 0.1) is 5.56 Å². The van der Waals surface area contributed by atoms with Gasteiger partial charge in [0.15, 0.2) is 0 Å². The average molecular weight is 358 g/mol. The van der Waals surface area contributed by atoms with Crippen molar-refractivity contribution in [3.05, 3.63) is 33.3 Å². The molecule has 0 aromatic heterocycles. The maximum absolute atomic E-state index is 12.7. The summed E-state index contributed by atoms with van der Waals surface area (Å²) in [6.45, 7) is 4.02. The van der Waals surface area contributed by atoms with Crippen LogP contribution in [0.5, 0.6) is 0 Å². The van der Waals surface area contributed by atoms with Crippen LogP contribution in [0.2, 0.25) is 5.02 Å². The molecule has 0 radical (unpaired) electrons. The van der Waals surface area contributed by atoms with E-state index in [0.717, 1.165) is 30.5 Å². The molecule has 2 aliphatic heterocycles. The Kier molecular flexibility index (Phi) is 4.34. The molecule has 1 unspecified atom stereocenters. The van der Waals surface area contributed by atoms with Crippen molar-refractivity contribution in [3.8, 4) is 0 Å². The Morgan fingerprint density at radius 3 is 2.85 bits per heavy atom. The number of carbonyl (C=O) groups is 1. The second-order valence-electron chi connectivity index (χ2n) is 5.56. The van der Waals surface area contributed by atoms with Crippen LogP contribution in [0.3, 0.4) is 0 Å². The minimum atomic E-state index is 0.113. The zero-order valence-corrected chi connectivity index (χ0v) is 13.7. The molecule has 2 saturated heterocycles. The number of benzene rings is 1. The van der Waals surface area contributed by atoms with Crippen molar-refractivity contribution >= 4 is 33.4 Å². The fourth-order valence-electron chi connectivity index (χ4n) is 3.22. The number of halogens is 2. The van der Waals surface area contributed by atoms with Gasteiger partial charge in [0, 0.05) is 35.2 Å². The third-order valence-corrected chi connectivity index (χ3v) is 5.14. The second-order valence-corrected chi connectivity index (χ2v) is 6.85. The first kappa shape index (κ1) is 14.4. The zero-order chi connectivity index (χ0) is 14.1. The van der Waals surface area contributed by atoms with Gasteiger partial charge in [-0.05, 0) is 59.9 Å². The lowest BCUT2D eigenvalue weighted by Crippen LogP contribution is -2.39. The summed E-state index contributed by atoms with van der Waals surface area (Å²) in [4.78, 5) is 17.2. The molecular weight excluding hydrogens is 340 g/mol. The predicted molar refractivity (Wildman–Crippen MR) is 84.3 cm³/mol. The van der Waals surface area contributed by atoms with E-state index in [1.54, 1.807) is 12.1 Å². The topological polar surface area (TPSA) is 23.6 Å². The van der Waals surface area contributed by atoms with E-state index in [4.69, 9.17) is 11.6 Å². The third-order valence-electron chi connectivity index (χ3n) is 4.25. The molecule has 0 N–H and O–H groups in total. The minimum Gasteiger partial charge on any atom is -0.337 e. The van der Waals surface area contributed by atoms with Gasteiger partial charge in [0.25, 0.3) is 5.91 Å². The van der Waals surface area contributed by atoms with Gasteiger partial charge in [-0.25, -0.2) is 0 Å². The van der Waals surface area contributed by atoms with E-state index >= 15 is 0 Å². The highest BCUT2D eigenvalue weighted by Gasteiger charge is 2.31. The highest BCUT2D eigenvalue weighted by atomic mass is 79.9. The fourth-order valence-corrected chi connectivity index (χ4v) is 4.08. The highest BCUT2D eigenvalue weighted by Crippen LogP contribution is 2.26. The first-order valence-corrected chi connectivity index (χ1v) is 8.30. The Hall–Kier alpha value is -0.580. The fraction of sp³-hybridized carbons (Fsp3) is 0.533. The highest BCUT2D eigenvalue weighted by molar-refractivity contribution is 9.10. The second kappa shape index (κ2) is 6.04. The lowest BCUT2D eigenvalue weighted by Gasteiger charge is -2.26. The molecule has 1 amide bonds. The van der Waals surface area contributed by atoms with Crippen molar-refractivity contribution in [3.63, 3.8) is 0 Å². The molecule has 1 aromatic carbocycles. The number of carbonyl (C=O) groups excluding carboxylic acids is 1. The van der Waals surface area contributed by atoms with Crippen molar-refractivity contribution in [1.82, 2.24) is 9.80 Å². The van der Waals surface area contributed by atoms with E-state index in [9.17, 15) is 4.79 Å². The van der Waals surface area contributed by atoms with Crippen LogP contribution in [-0.2, 0) is 0 Å². The van der Waals surface area contributed by atoms with Gasteiger partial charge in [-0.15, -0.1) is 0 Å². The monoisotopic (exact) mass is 356 g/mol. The minimum absolute atomic E-state index is 0.113. The van der Waals surface area contributed by atoms with Crippen LogP contribution in [0.15, 0.2) is 22.7 Å². The predicted octanol–water partition coefficient (Wildman–Crippen LogP) is 3.41. The first-order chi connectivity index (χ1) is 9.65.